The number of ether oxygens (including phenoxy) is 1. The fraction of sp³-hybridized carbons (Fsp3) is 0.375. The molecule has 0 spiro atoms. The molecule has 0 aliphatic carbocycles. The number of benzene rings is 1. The maximum Gasteiger partial charge on any atom is 0.308 e. The summed E-state index contributed by atoms with van der Waals surface area (Å²) in [5.41, 5.74) is 0. The summed E-state index contributed by atoms with van der Waals surface area (Å²) in [5, 5.41) is 11.3. The van der Waals surface area contributed by atoms with E-state index in [-0.39, 0.29) is 11.8 Å². The Morgan fingerprint density at radius 3 is 2.86 bits per heavy atom. The van der Waals surface area contributed by atoms with E-state index in [1.165, 1.54) is 0 Å². The lowest BCUT2D eigenvalue weighted by Gasteiger charge is -2.19. The van der Waals surface area contributed by atoms with E-state index in [2.05, 4.69) is 9.88 Å². The van der Waals surface area contributed by atoms with E-state index in [1.807, 2.05) is 31.2 Å². The third-order valence-corrected chi connectivity index (χ3v) is 4.18. The third kappa shape index (κ3) is 2.39. The molecule has 5 nitrogen and oxygen atoms in total. The van der Waals surface area contributed by atoms with Gasteiger partial charge in [0.2, 0.25) is 0 Å². The zero-order valence-electron chi connectivity index (χ0n) is 12.1. The predicted molar refractivity (Wildman–Crippen MR) is 80.8 cm³/mol. The molecule has 1 aromatic heterocycles. The van der Waals surface area contributed by atoms with Crippen LogP contribution in [0.1, 0.15) is 6.92 Å². The van der Waals surface area contributed by atoms with Crippen molar-refractivity contribution in [3.63, 3.8) is 0 Å². The topological polar surface area (TPSA) is 62.7 Å². The number of aliphatic carboxylic acids is 1. The van der Waals surface area contributed by atoms with Crippen molar-refractivity contribution >= 4 is 22.6 Å². The van der Waals surface area contributed by atoms with Gasteiger partial charge in [-0.05, 0) is 35.6 Å². The Hall–Kier alpha value is -2.30. The number of methoxy groups -OCH3 is 1. The highest BCUT2D eigenvalue weighted by atomic mass is 16.5. The molecular weight excluding hydrogens is 268 g/mol. The van der Waals surface area contributed by atoms with Crippen molar-refractivity contribution in [2.45, 2.75) is 6.92 Å². The Bertz CT molecular complexity index is 686. The van der Waals surface area contributed by atoms with Crippen LogP contribution < -0.4 is 9.64 Å². The number of carboxylic acids is 1. The molecule has 0 amide bonds. The van der Waals surface area contributed by atoms with Crippen LogP contribution in [0.15, 0.2) is 30.5 Å². The van der Waals surface area contributed by atoms with Crippen molar-refractivity contribution in [3.05, 3.63) is 30.5 Å². The molecule has 1 aliphatic rings. The van der Waals surface area contributed by atoms with Crippen LogP contribution in [-0.4, -0.2) is 36.3 Å². The molecule has 1 saturated heterocycles. The van der Waals surface area contributed by atoms with Gasteiger partial charge in [0, 0.05) is 24.7 Å². The SMILES string of the molecule is COc1ccc2c(N3C[C@@H](C)[C@H](C(=O)O)C3)nccc2c1. The Labute approximate surface area is 123 Å². The largest absolute Gasteiger partial charge is 0.497 e. The second kappa shape index (κ2) is 5.24. The highest BCUT2D eigenvalue weighted by molar-refractivity contribution is 5.93. The number of pyridine rings is 1. The summed E-state index contributed by atoms with van der Waals surface area (Å²) in [4.78, 5) is 17.8. The van der Waals surface area contributed by atoms with E-state index in [0.717, 1.165) is 28.9 Å². The van der Waals surface area contributed by atoms with Crippen molar-refractivity contribution < 1.29 is 14.6 Å². The van der Waals surface area contributed by atoms with Crippen LogP contribution in [0.3, 0.4) is 0 Å². The summed E-state index contributed by atoms with van der Waals surface area (Å²) >= 11 is 0. The lowest BCUT2D eigenvalue weighted by Crippen LogP contribution is -2.23. The maximum atomic E-state index is 11.3. The quantitative estimate of drug-likeness (QED) is 0.938. The predicted octanol–water partition coefficient (Wildman–Crippen LogP) is 2.40. The number of hydrogen-bond donors (Lipinski definition) is 1. The summed E-state index contributed by atoms with van der Waals surface area (Å²) in [5.74, 6) is 0.716. The van der Waals surface area contributed by atoms with Gasteiger partial charge in [0.1, 0.15) is 11.6 Å². The van der Waals surface area contributed by atoms with Gasteiger partial charge in [-0.1, -0.05) is 6.92 Å². The number of aromatic nitrogens is 1. The number of fused-ring (bicyclic) bond motifs is 1. The zero-order chi connectivity index (χ0) is 15.0. The Balaban J connectivity index is 2.00. The summed E-state index contributed by atoms with van der Waals surface area (Å²) in [6, 6.07) is 7.79. The van der Waals surface area contributed by atoms with Crippen molar-refractivity contribution in [3.8, 4) is 5.75 Å². The standard InChI is InChI=1S/C16H18N2O3/c1-10-8-18(9-14(10)16(19)20)15-13-4-3-12(21-2)7-11(13)5-6-17-15/h3-7,10,14H,8-9H2,1-2H3,(H,19,20)/t10-,14-/m1/s1. The maximum absolute atomic E-state index is 11.3. The molecule has 5 heteroatoms. The van der Waals surface area contributed by atoms with Gasteiger partial charge in [0.15, 0.2) is 0 Å². The Kier molecular flexibility index (Phi) is 3.41. The van der Waals surface area contributed by atoms with E-state index in [4.69, 9.17) is 4.74 Å². The van der Waals surface area contributed by atoms with Gasteiger partial charge in [0.25, 0.3) is 0 Å². The van der Waals surface area contributed by atoms with E-state index in [0.29, 0.717) is 6.54 Å². The van der Waals surface area contributed by atoms with Crippen molar-refractivity contribution in [1.29, 1.82) is 0 Å². The van der Waals surface area contributed by atoms with E-state index in [9.17, 15) is 9.90 Å². The molecule has 1 N–H and O–H groups in total. The lowest BCUT2D eigenvalue weighted by atomic mass is 9.99. The van der Waals surface area contributed by atoms with Gasteiger partial charge in [-0.25, -0.2) is 4.98 Å². The molecule has 110 valence electrons. The molecule has 21 heavy (non-hydrogen) atoms. The first kappa shape index (κ1) is 13.7. The molecule has 0 saturated carbocycles. The average molecular weight is 286 g/mol. The highest BCUT2D eigenvalue weighted by Crippen LogP contribution is 2.32. The second-order valence-electron chi connectivity index (χ2n) is 5.55. The van der Waals surface area contributed by atoms with Crippen molar-refractivity contribution in [2.75, 3.05) is 25.1 Å². The molecule has 2 atom stereocenters. The molecule has 0 radical (unpaired) electrons. The normalized spacial score (nSPS) is 21.7. The van der Waals surface area contributed by atoms with Gasteiger partial charge in [-0.2, -0.15) is 0 Å². The fourth-order valence-corrected chi connectivity index (χ4v) is 2.98. The summed E-state index contributed by atoms with van der Waals surface area (Å²) in [6.07, 6.45) is 1.76. The molecule has 2 aromatic rings. The van der Waals surface area contributed by atoms with Gasteiger partial charge in [0.05, 0.1) is 13.0 Å². The third-order valence-electron chi connectivity index (χ3n) is 4.18. The van der Waals surface area contributed by atoms with Gasteiger partial charge < -0.3 is 14.7 Å². The van der Waals surface area contributed by atoms with Crippen LogP contribution in [0.5, 0.6) is 5.75 Å². The van der Waals surface area contributed by atoms with E-state index < -0.39 is 5.97 Å². The van der Waals surface area contributed by atoms with Gasteiger partial charge in [-0.3, -0.25) is 4.79 Å². The van der Waals surface area contributed by atoms with Crippen LogP contribution in [0, 0.1) is 11.8 Å². The molecule has 0 unspecified atom stereocenters. The minimum atomic E-state index is -0.730. The minimum Gasteiger partial charge on any atom is -0.497 e. The first-order chi connectivity index (χ1) is 10.1. The highest BCUT2D eigenvalue weighted by Gasteiger charge is 2.35. The number of hydrogen-bond acceptors (Lipinski definition) is 4. The van der Waals surface area contributed by atoms with Gasteiger partial charge in [-0.15, -0.1) is 0 Å². The summed E-state index contributed by atoms with van der Waals surface area (Å²) < 4.78 is 5.24. The second-order valence-corrected chi connectivity index (χ2v) is 5.55. The van der Waals surface area contributed by atoms with Crippen molar-refractivity contribution in [1.82, 2.24) is 4.98 Å². The first-order valence-electron chi connectivity index (χ1n) is 7.00. The van der Waals surface area contributed by atoms with Crippen LogP contribution in [0.4, 0.5) is 5.82 Å². The molecule has 1 fully saturated rings. The van der Waals surface area contributed by atoms with Gasteiger partial charge >= 0.3 is 5.97 Å². The van der Waals surface area contributed by atoms with Crippen LogP contribution >= 0.6 is 0 Å². The fourth-order valence-electron chi connectivity index (χ4n) is 2.98. The smallest absolute Gasteiger partial charge is 0.308 e. The lowest BCUT2D eigenvalue weighted by molar-refractivity contribution is -0.142. The zero-order valence-corrected chi connectivity index (χ0v) is 12.1. The Morgan fingerprint density at radius 2 is 2.19 bits per heavy atom. The van der Waals surface area contributed by atoms with Crippen molar-refractivity contribution in [2.24, 2.45) is 11.8 Å². The van der Waals surface area contributed by atoms with Crippen LogP contribution in [-0.2, 0) is 4.79 Å². The average Bonchev–Trinajstić information content (AvgIpc) is 2.88. The Morgan fingerprint density at radius 1 is 1.38 bits per heavy atom. The molecule has 1 aromatic carbocycles. The minimum absolute atomic E-state index is 0.123. The van der Waals surface area contributed by atoms with Crippen LogP contribution in [0.25, 0.3) is 10.8 Å². The van der Waals surface area contributed by atoms with Crippen LogP contribution in [0.2, 0.25) is 0 Å². The molecule has 0 bridgehead atoms. The first-order valence-corrected chi connectivity index (χ1v) is 7.00. The monoisotopic (exact) mass is 286 g/mol. The number of anilines is 1. The number of carboxylic acid groups (broad SMARTS) is 1. The number of nitrogens with zero attached hydrogens (tertiary/aromatic N) is 2. The van der Waals surface area contributed by atoms with E-state index in [1.54, 1.807) is 13.3 Å². The van der Waals surface area contributed by atoms with E-state index >= 15 is 0 Å². The molecule has 1 aliphatic heterocycles. The molecule has 3 rings (SSSR count). The molecular formula is C16H18N2O3. The summed E-state index contributed by atoms with van der Waals surface area (Å²) in [6.45, 7) is 3.21. The summed E-state index contributed by atoms with van der Waals surface area (Å²) in [7, 11) is 1.64. The number of rotatable bonds is 3. The molecule has 2 heterocycles. The number of carbonyl (C=O) groups is 1.